The summed E-state index contributed by atoms with van der Waals surface area (Å²) in [5, 5.41) is 47.9. The summed E-state index contributed by atoms with van der Waals surface area (Å²) in [5.41, 5.74) is 0. The fourth-order valence-electron chi connectivity index (χ4n) is 4.46. The topological polar surface area (TPSA) is 272 Å². The number of hydrogen-bond donors (Lipinski definition) is 8. The number of carbonyl (C=O) groups is 8. The van der Waals surface area contributed by atoms with E-state index in [0.717, 1.165) is 0 Å². The Labute approximate surface area is 320 Å². The molecule has 0 aromatic rings. The van der Waals surface area contributed by atoms with E-state index >= 15 is 0 Å². The van der Waals surface area contributed by atoms with Crippen LogP contribution in [0.15, 0.2) is 0 Å². The van der Waals surface area contributed by atoms with E-state index in [1.165, 1.54) is 56.8 Å². The molecule has 0 aromatic heterocycles. The van der Waals surface area contributed by atoms with Crippen molar-refractivity contribution in [2.45, 2.75) is 49.9 Å². The van der Waals surface area contributed by atoms with Gasteiger partial charge in [-0.1, -0.05) is 0 Å². The van der Waals surface area contributed by atoms with Gasteiger partial charge in [-0.05, 0) is 73.7 Å². The lowest BCUT2D eigenvalue weighted by atomic mass is 10.2. The van der Waals surface area contributed by atoms with E-state index in [1.54, 1.807) is 25.0 Å². The molecule has 0 saturated carbocycles. The highest BCUT2D eigenvalue weighted by Gasteiger charge is 2.27. The third-order valence-electron chi connectivity index (χ3n) is 7.18. The van der Waals surface area contributed by atoms with Crippen LogP contribution in [0, 0.1) is 0 Å². The zero-order chi connectivity index (χ0) is 39.6. The summed E-state index contributed by atoms with van der Waals surface area (Å²) < 4.78 is 0. The third kappa shape index (κ3) is 22.9. The number of amides is 4. The smallest absolute Gasteiger partial charge is 0.326 e. The van der Waals surface area contributed by atoms with Crippen molar-refractivity contribution in [1.82, 2.24) is 31.1 Å². The van der Waals surface area contributed by atoms with Crippen molar-refractivity contribution in [1.29, 1.82) is 0 Å². The second-order valence-electron chi connectivity index (χ2n) is 11.4. The molecule has 4 unspecified atom stereocenters. The monoisotopic (exact) mass is 816 g/mol. The average molecular weight is 817 g/mol. The van der Waals surface area contributed by atoms with Crippen LogP contribution in [0.4, 0.5) is 0 Å². The second-order valence-corrected chi connectivity index (χ2v) is 15.3. The molecular formula is C30H52N6O12S4. The number of hydrogen-bond acceptors (Lipinski definition) is 14. The van der Waals surface area contributed by atoms with Crippen LogP contribution in [-0.2, 0) is 38.4 Å². The molecule has 4 atom stereocenters. The first kappa shape index (κ1) is 49.1. The first-order chi connectivity index (χ1) is 24.6. The van der Waals surface area contributed by atoms with Gasteiger partial charge in [0.25, 0.3) is 0 Å². The second kappa shape index (κ2) is 28.6. The van der Waals surface area contributed by atoms with Gasteiger partial charge in [-0.15, -0.1) is 0 Å². The maximum absolute atomic E-state index is 13.0. The zero-order valence-electron chi connectivity index (χ0n) is 29.8. The van der Waals surface area contributed by atoms with Gasteiger partial charge in [-0.2, -0.15) is 47.0 Å². The van der Waals surface area contributed by atoms with Crippen LogP contribution in [0.25, 0.3) is 0 Å². The molecule has 0 aliphatic carbocycles. The standard InChI is InChI=1S/C30H52N6O12S4/c1-49-11-5-19(27(41)42)31-23(37)15-35(16-24(38)32-20(28(43)44)6-12-50-2)9-10-36(17-25(39)33-21(29(45)46)7-13-51-3)18-26(40)34-22(30(47)48)8-14-52-4/h19-22H,5-18H2,1-4H3,(H,31,37)(H,32,38)(H,33,39)(H,34,40)(H,41,42)(H,43,44)(H,45,46)(H,47,48). The highest BCUT2D eigenvalue weighted by atomic mass is 32.2. The van der Waals surface area contributed by atoms with Gasteiger partial charge in [0.15, 0.2) is 0 Å². The molecule has 22 heteroatoms. The Balaban J connectivity index is 6.25. The van der Waals surface area contributed by atoms with E-state index in [2.05, 4.69) is 21.3 Å². The molecule has 18 nitrogen and oxygen atoms in total. The van der Waals surface area contributed by atoms with Crippen molar-refractivity contribution >= 4 is 94.6 Å². The van der Waals surface area contributed by atoms with E-state index < -0.39 is 97.9 Å². The summed E-state index contributed by atoms with van der Waals surface area (Å²) in [6.07, 6.45) is 7.59. The van der Waals surface area contributed by atoms with Crippen molar-refractivity contribution in [3.63, 3.8) is 0 Å². The lowest BCUT2D eigenvalue weighted by Crippen LogP contribution is -2.53. The van der Waals surface area contributed by atoms with Gasteiger partial charge in [0.2, 0.25) is 23.6 Å². The summed E-state index contributed by atoms with van der Waals surface area (Å²) >= 11 is 5.53. The number of aliphatic carboxylic acids is 4. The van der Waals surface area contributed by atoms with Crippen LogP contribution in [0.1, 0.15) is 25.7 Å². The largest absolute Gasteiger partial charge is 0.480 e. The predicted octanol–water partition coefficient (Wildman–Crippen LogP) is -1.12. The summed E-state index contributed by atoms with van der Waals surface area (Å²) in [4.78, 5) is 102. The molecule has 0 heterocycles. The Bertz CT molecular complexity index is 1020. The van der Waals surface area contributed by atoms with Crippen LogP contribution in [-0.4, -0.2) is 189 Å². The van der Waals surface area contributed by atoms with Crippen LogP contribution in [0.2, 0.25) is 0 Å². The minimum absolute atomic E-state index is 0.124. The number of rotatable bonds is 31. The van der Waals surface area contributed by atoms with Crippen molar-refractivity contribution in [2.24, 2.45) is 0 Å². The first-order valence-electron chi connectivity index (χ1n) is 16.1. The van der Waals surface area contributed by atoms with Crippen molar-refractivity contribution in [3.05, 3.63) is 0 Å². The van der Waals surface area contributed by atoms with E-state index in [-0.39, 0.29) is 38.8 Å². The maximum Gasteiger partial charge on any atom is 0.326 e. The fourth-order valence-corrected chi connectivity index (χ4v) is 6.34. The minimum Gasteiger partial charge on any atom is -0.480 e. The summed E-state index contributed by atoms with van der Waals surface area (Å²) in [7, 11) is 0. The van der Waals surface area contributed by atoms with Gasteiger partial charge in [0.05, 0.1) is 26.2 Å². The van der Waals surface area contributed by atoms with E-state index in [4.69, 9.17) is 0 Å². The number of carboxylic acids is 4. The molecule has 0 aliphatic heterocycles. The summed E-state index contributed by atoms with van der Waals surface area (Å²) in [6, 6.07) is -4.87. The van der Waals surface area contributed by atoms with Crippen LogP contribution in [0.5, 0.6) is 0 Å². The Hall–Kier alpha value is -2.92. The summed E-state index contributed by atoms with van der Waals surface area (Å²) in [5.74, 6) is -6.30. The van der Waals surface area contributed by atoms with Crippen molar-refractivity contribution in [3.8, 4) is 0 Å². The van der Waals surface area contributed by atoms with Crippen LogP contribution in [0.3, 0.4) is 0 Å². The Kier molecular flexibility index (Phi) is 27.0. The minimum atomic E-state index is -1.26. The first-order valence-corrected chi connectivity index (χ1v) is 21.6. The zero-order valence-corrected chi connectivity index (χ0v) is 33.1. The van der Waals surface area contributed by atoms with Gasteiger partial charge in [-0.3, -0.25) is 29.0 Å². The lowest BCUT2D eigenvalue weighted by molar-refractivity contribution is -0.143. The Morgan fingerprint density at radius 2 is 0.615 bits per heavy atom. The van der Waals surface area contributed by atoms with Crippen molar-refractivity contribution in [2.75, 3.05) is 87.3 Å². The molecule has 0 bridgehead atoms. The molecule has 0 aliphatic rings. The highest BCUT2D eigenvalue weighted by molar-refractivity contribution is 7.99. The SMILES string of the molecule is CSCCC(NC(=O)CN(CCN(CC(=O)NC(CCSC)C(=O)O)CC(=O)NC(CCSC)C(=O)O)CC(=O)NC(CCSC)C(=O)O)C(=O)O. The van der Waals surface area contributed by atoms with Gasteiger partial charge in [0.1, 0.15) is 24.2 Å². The molecule has 0 saturated heterocycles. The van der Waals surface area contributed by atoms with Crippen LogP contribution < -0.4 is 21.3 Å². The molecule has 52 heavy (non-hydrogen) atoms. The predicted molar refractivity (Wildman–Crippen MR) is 203 cm³/mol. The van der Waals surface area contributed by atoms with Gasteiger partial charge in [0, 0.05) is 13.1 Å². The lowest BCUT2D eigenvalue weighted by Gasteiger charge is -2.28. The molecule has 0 spiro atoms. The molecule has 0 rings (SSSR count). The van der Waals surface area contributed by atoms with Crippen molar-refractivity contribution < 1.29 is 58.8 Å². The number of nitrogens with zero attached hydrogens (tertiary/aromatic N) is 2. The molecule has 0 aromatic carbocycles. The van der Waals surface area contributed by atoms with E-state index in [0.29, 0.717) is 23.0 Å². The maximum atomic E-state index is 13.0. The van der Waals surface area contributed by atoms with Gasteiger partial charge < -0.3 is 41.7 Å². The van der Waals surface area contributed by atoms with E-state index in [9.17, 15) is 58.8 Å². The molecular weight excluding hydrogens is 765 g/mol. The number of carbonyl (C=O) groups excluding carboxylic acids is 4. The normalized spacial score (nSPS) is 13.4. The number of carboxylic acid groups (broad SMARTS) is 4. The highest BCUT2D eigenvalue weighted by Crippen LogP contribution is 2.06. The molecule has 0 radical (unpaired) electrons. The third-order valence-corrected chi connectivity index (χ3v) is 9.75. The number of nitrogens with one attached hydrogen (secondary N) is 4. The Morgan fingerprint density at radius 3 is 0.769 bits per heavy atom. The molecule has 4 amide bonds. The van der Waals surface area contributed by atoms with Gasteiger partial charge >= 0.3 is 23.9 Å². The molecule has 298 valence electrons. The molecule has 0 fully saturated rings. The van der Waals surface area contributed by atoms with Gasteiger partial charge in [-0.25, -0.2) is 19.2 Å². The average Bonchev–Trinajstić information content (AvgIpc) is 3.06. The fraction of sp³-hybridized carbons (Fsp3) is 0.733. The van der Waals surface area contributed by atoms with Crippen LogP contribution >= 0.6 is 47.0 Å². The quantitative estimate of drug-likeness (QED) is 0.0412. The molecule has 8 N–H and O–H groups in total. The summed E-state index contributed by atoms with van der Waals surface area (Å²) in [6.45, 7) is -2.44. The van der Waals surface area contributed by atoms with E-state index in [1.807, 2.05) is 0 Å². The Morgan fingerprint density at radius 1 is 0.423 bits per heavy atom. The number of thioether (sulfide) groups is 4.